The van der Waals surface area contributed by atoms with E-state index < -0.39 is 12.1 Å². The third-order valence-electron chi connectivity index (χ3n) is 10.3. The van der Waals surface area contributed by atoms with Crippen LogP contribution in [-0.4, -0.2) is 34.9 Å². The summed E-state index contributed by atoms with van der Waals surface area (Å²) in [7, 11) is 0. The highest BCUT2D eigenvalue weighted by Crippen LogP contribution is 2.12. The summed E-state index contributed by atoms with van der Waals surface area (Å²) in [6.07, 6.45) is 82.6. The molecule has 0 aromatic heterocycles. The van der Waals surface area contributed by atoms with Crippen molar-refractivity contribution >= 4 is 5.91 Å². The Morgan fingerprint density at radius 3 is 1.13 bits per heavy atom. The topological polar surface area (TPSA) is 69.6 Å². The first-order valence-corrected chi connectivity index (χ1v) is 25.0. The number of carbonyl (C=O) groups excluding carboxylic acids is 1. The minimum atomic E-state index is -0.891. The van der Waals surface area contributed by atoms with Crippen molar-refractivity contribution in [3.8, 4) is 0 Å². The Labute approximate surface area is 383 Å². The SMILES string of the molecule is CC/C=C\C/C=C\C/C=C\C/C=C\C/C=C\C/C=C\C/C=C\C/C=C\C/C=C\C/C=C\CCCCC(=O)NC(CO)C(O)/C=C/CC/C=C/CCCCCCCCCCCCC. The largest absolute Gasteiger partial charge is 0.394 e. The number of allylic oxidation sites excluding steroid dienone is 23. The third kappa shape index (κ3) is 47.3. The van der Waals surface area contributed by atoms with Crippen LogP contribution in [0.4, 0.5) is 0 Å². The van der Waals surface area contributed by atoms with Gasteiger partial charge in [0.15, 0.2) is 0 Å². The molecule has 0 bridgehead atoms. The van der Waals surface area contributed by atoms with Crippen molar-refractivity contribution in [2.75, 3.05) is 6.61 Å². The zero-order chi connectivity index (χ0) is 44.9. The normalized spacial score (nSPS) is 14.2. The molecule has 0 aliphatic heterocycles. The minimum Gasteiger partial charge on any atom is -0.394 e. The molecule has 0 saturated heterocycles. The van der Waals surface area contributed by atoms with E-state index in [-0.39, 0.29) is 12.5 Å². The number of amides is 1. The van der Waals surface area contributed by atoms with Crippen molar-refractivity contribution in [3.63, 3.8) is 0 Å². The molecule has 0 rings (SSSR count). The Hall–Kier alpha value is -3.73. The van der Waals surface area contributed by atoms with Gasteiger partial charge in [-0.3, -0.25) is 4.79 Å². The van der Waals surface area contributed by atoms with Gasteiger partial charge in [0.2, 0.25) is 5.91 Å². The third-order valence-corrected chi connectivity index (χ3v) is 10.3. The van der Waals surface area contributed by atoms with Crippen LogP contribution in [0.2, 0.25) is 0 Å². The molecule has 4 heteroatoms. The molecule has 0 aliphatic carbocycles. The number of nitrogens with one attached hydrogen (secondary N) is 1. The number of aliphatic hydroxyl groups excluding tert-OH is 2. The van der Waals surface area contributed by atoms with Crippen molar-refractivity contribution in [2.24, 2.45) is 0 Å². The van der Waals surface area contributed by atoms with Crippen LogP contribution in [0, 0.1) is 0 Å². The number of rotatable bonds is 43. The summed E-state index contributed by atoms with van der Waals surface area (Å²) in [5.74, 6) is -0.123. The van der Waals surface area contributed by atoms with E-state index in [4.69, 9.17) is 0 Å². The second kappa shape index (κ2) is 51.6. The molecule has 4 nitrogen and oxygen atoms in total. The second-order valence-corrected chi connectivity index (χ2v) is 16.1. The lowest BCUT2D eigenvalue weighted by Crippen LogP contribution is -2.45. The van der Waals surface area contributed by atoms with Gasteiger partial charge in [-0.05, 0) is 109 Å². The van der Waals surface area contributed by atoms with E-state index in [9.17, 15) is 15.0 Å². The van der Waals surface area contributed by atoms with Crippen molar-refractivity contribution in [2.45, 2.75) is 206 Å². The predicted molar refractivity (Wildman–Crippen MR) is 275 cm³/mol. The summed E-state index contributed by atoms with van der Waals surface area (Å²) in [6.45, 7) is 4.15. The molecule has 2 unspecified atom stereocenters. The van der Waals surface area contributed by atoms with E-state index in [0.717, 1.165) is 103 Å². The van der Waals surface area contributed by atoms with Gasteiger partial charge < -0.3 is 15.5 Å². The molecule has 2 atom stereocenters. The maximum absolute atomic E-state index is 12.4. The molecule has 0 radical (unpaired) electrons. The summed E-state index contributed by atoms with van der Waals surface area (Å²) >= 11 is 0. The van der Waals surface area contributed by atoms with E-state index in [1.807, 2.05) is 6.08 Å². The first-order chi connectivity index (χ1) is 30.7. The zero-order valence-electron chi connectivity index (χ0n) is 39.8. The van der Waals surface area contributed by atoms with Crippen molar-refractivity contribution < 1.29 is 15.0 Å². The fourth-order valence-electron chi connectivity index (χ4n) is 6.51. The van der Waals surface area contributed by atoms with Crippen LogP contribution >= 0.6 is 0 Å². The summed E-state index contributed by atoms with van der Waals surface area (Å²) in [5, 5.41) is 23.0. The molecule has 62 heavy (non-hydrogen) atoms. The molecule has 0 fully saturated rings. The van der Waals surface area contributed by atoms with Crippen LogP contribution in [0.3, 0.4) is 0 Å². The lowest BCUT2D eigenvalue weighted by atomic mass is 10.1. The fourth-order valence-corrected chi connectivity index (χ4v) is 6.51. The highest BCUT2D eigenvalue weighted by atomic mass is 16.3. The highest BCUT2D eigenvalue weighted by molar-refractivity contribution is 5.76. The standard InChI is InChI=1S/C58H93NO3/c1-3-5-7-9-11-13-15-17-19-21-22-23-24-25-26-27-28-29-30-31-32-33-34-35-36-38-40-42-44-46-48-50-52-54-58(62)59-56(55-60)57(61)53-51-49-47-45-43-41-39-37-20-18-16-14-12-10-8-6-4-2/h5,7,11,13,17,19,22-23,25-26,28-29,31-32,34-35,38,40,43-46,51,53,56-57,60-61H,3-4,6,8-10,12,14-16,18,20-21,24,27,30,33,36-37,39,41-42,47-50,52,54-55H2,1-2H3,(H,59,62)/b7-5-,13-11-,19-17-,23-22-,26-25-,29-28-,32-31-,35-34-,40-38-,45-43+,46-44-,53-51+. The summed E-state index contributed by atoms with van der Waals surface area (Å²) in [6, 6.07) is -0.674. The average Bonchev–Trinajstić information content (AvgIpc) is 3.28. The van der Waals surface area contributed by atoms with Crippen LogP contribution in [-0.2, 0) is 4.79 Å². The summed E-state index contributed by atoms with van der Waals surface area (Å²) < 4.78 is 0. The van der Waals surface area contributed by atoms with E-state index in [1.165, 1.54) is 70.6 Å². The van der Waals surface area contributed by atoms with Gasteiger partial charge in [-0.1, -0.05) is 224 Å². The number of hydrogen-bond donors (Lipinski definition) is 3. The van der Waals surface area contributed by atoms with Gasteiger partial charge in [-0.25, -0.2) is 0 Å². The highest BCUT2D eigenvalue weighted by Gasteiger charge is 2.17. The smallest absolute Gasteiger partial charge is 0.220 e. The molecule has 348 valence electrons. The maximum atomic E-state index is 12.4. The fraction of sp³-hybridized carbons (Fsp3) is 0.569. The van der Waals surface area contributed by atoms with Crippen molar-refractivity contribution in [1.29, 1.82) is 0 Å². The lowest BCUT2D eigenvalue weighted by Gasteiger charge is -2.19. The molecule has 0 aliphatic rings. The Morgan fingerprint density at radius 1 is 0.403 bits per heavy atom. The van der Waals surface area contributed by atoms with Crippen LogP contribution in [0.15, 0.2) is 146 Å². The molecule has 3 N–H and O–H groups in total. The average molecular weight is 852 g/mol. The Kier molecular flexibility index (Phi) is 48.5. The molecular weight excluding hydrogens is 759 g/mol. The van der Waals surface area contributed by atoms with E-state index >= 15 is 0 Å². The van der Waals surface area contributed by atoms with Gasteiger partial charge in [0.1, 0.15) is 0 Å². The molecule has 0 heterocycles. The number of hydrogen-bond acceptors (Lipinski definition) is 3. The zero-order valence-corrected chi connectivity index (χ0v) is 39.8. The Balaban J connectivity index is 3.78. The number of aliphatic hydroxyl groups is 2. The maximum Gasteiger partial charge on any atom is 0.220 e. The van der Waals surface area contributed by atoms with E-state index in [2.05, 4.69) is 153 Å². The Morgan fingerprint density at radius 2 is 0.726 bits per heavy atom. The van der Waals surface area contributed by atoms with Gasteiger partial charge in [-0.15, -0.1) is 0 Å². The quantitative estimate of drug-likeness (QED) is 0.0423. The van der Waals surface area contributed by atoms with Gasteiger partial charge in [0.05, 0.1) is 18.8 Å². The van der Waals surface area contributed by atoms with E-state index in [1.54, 1.807) is 6.08 Å². The first kappa shape index (κ1) is 58.3. The van der Waals surface area contributed by atoms with Crippen LogP contribution in [0.5, 0.6) is 0 Å². The Bertz CT molecular complexity index is 1330. The summed E-state index contributed by atoms with van der Waals surface area (Å²) in [5.41, 5.74) is 0. The molecule has 1 amide bonds. The van der Waals surface area contributed by atoms with Gasteiger partial charge in [0, 0.05) is 6.42 Å². The number of unbranched alkanes of at least 4 members (excludes halogenated alkanes) is 14. The van der Waals surface area contributed by atoms with Gasteiger partial charge in [-0.2, -0.15) is 0 Å². The summed E-state index contributed by atoms with van der Waals surface area (Å²) in [4.78, 5) is 12.4. The van der Waals surface area contributed by atoms with Crippen LogP contribution in [0.1, 0.15) is 194 Å². The van der Waals surface area contributed by atoms with Crippen molar-refractivity contribution in [1.82, 2.24) is 5.32 Å². The first-order valence-electron chi connectivity index (χ1n) is 25.0. The molecule has 0 aromatic carbocycles. The van der Waals surface area contributed by atoms with Gasteiger partial charge >= 0.3 is 0 Å². The molecular formula is C58H93NO3. The van der Waals surface area contributed by atoms with Crippen molar-refractivity contribution in [3.05, 3.63) is 146 Å². The lowest BCUT2D eigenvalue weighted by molar-refractivity contribution is -0.123. The van der Waals surface area contributed by atoms with Crippen LogP contribution in [0.25, 0.3) is 0 Å². The monoisotopic (exact) mass is 852 g/mol. The van der Waals surface area contributed by atoms with Gasteiger partial charge in [0.25, 0.3) is 0 Å². The minimum absolute atomic E-state index is 0.123. The second-order valence-electron chi connectivity index (χ2n) is 16.1. The molecule has 0 aromatic rings. The number of carbonyl (C=O) groups is 1. The van der Waals surface area contributed by atoms with Crippen LogP contribution < -0.4 is 5.32 Å². The predicted octanol–water partition coefficient (Wildman–Crippen LogP) is 16.5. The molecule has 0 spiro atoms. The molecule has 0 saturated carbocycles. The van der Waals surface area contributed by atoms with E-state index in [0.29, 0.717) is 6.42 Å².